The predicted octanol–water partition coefficient (Wildman–Crippen LogP) is 2.88. The standard InChI is InChI=1S/C12H13ClN4O3/c1-3-12(2,14)11-15-10(20-16-11)7-4-8(13)6-9(5-7)17(18)19/h4-6H,3,14H2,1-2H3. The zero-order valence-corrected chi connectivity index (χ0v) is 11.7. The summed E-state index contributed by atoms with van der Waals surface area (Å²) in [6.45, 7) is 3.68. The molecule has 0 saturated heterocycles. The monoisotopic (exact) mass is 296 g/mol. The van der Waals surface area contributed by atoms with Gasteiger partial charge in [-0.15, -0.1) is 0 Å². The molecule has 8 heteroatoms. The van der Waals surface area contributed by atoms with Crippen molar-refractivity contribution in [2.24, 2.45) is 5.73 Å². The molecule has 0 spiro atoms. The predicted molar refractivity (Wildman–Crippen MR) is 73.2 cm³/mol. The molecule has 0 aliphatic heterocycles. The van der Waals surface area contributed by atoms with Crippen LogP contribution in [0.15, 0.2) is 22.7 Å². The molecule has 7 nitrogen and oxygen atoms in total. The lowest BCUT2D eigenvalue weighted by Gasteiger charge is -2.16. The van der Waals surface area contributed by atoms with E-state index < -0.39 is 10.5 Å². The summed E-state index contributed by atoms with van der Waals surface area (Å²) >= 11 is 5.85. The summed E-state index contributed by atoms with van der Waals surface area (Å²) in [5.41, 5.74) is 5.55. The van der Waals surface area contributed by atoms with Gasteiger partial charge in [-0.05, 0) is 19.4 Å². The van der Waals surface area contributed by atoms with Crippen molar-refractivity contribution in [1.29, 1.82) is 0 Å². The fourth-order valence-corrected chi connectivity index (χ4v) is 1.76. The Balaban J connectivity index is 2.45. The number of rotatable bonds is 4. The summed E-state index contributed by atoms with van der Waals surface area (Å²) in [6, 6.07) is 4.09. The Morgan fingerprint density at radius 3 is 2.80 bits per heavy atom. The summed E-state index contributed by atoms with van der Waals surface area (Å²) < 4.78 is 5.11. The second-order valence-corrected chi connectivity index (χ2v) is 5.09. The van der Waals surface area contributed by atoms with Crippen LogP contribution in [-0.2, 0) is 5.54 Å². The molecule has 1 atom stereocenters. The molecular formula is C12H13ClN4O3. The van der Waals surface area contributed by atoms with Crippen LogP contribution in [0.25, 0.3) is 11.5 Å². The van der Waals surface area contributed by atoms with E-state index in [1.807, 2.05) is 6.92 Å². The van der Waals surface area contributed by atoms with Gasteiger partial charge < -0.3 is 10.3 Å². The molecule has 1 unspecified atom stereocenters. The molecular weight excluding hydrogens is 284 g/mol. The van der Waals surface area contributed by atoms with Crippen LogP contribution in [0.5, 0.6) is 0 Å². The van der Waals surface area contributed by atoms with Crippen molar-refractivity contribution in [3.8, 4) is 11.5 Å². The summed E-state index contributed by atoms with van der Waals surface area (Å²) in [5, 5.41) is 14.8. The van der Waals surface area contributed by atoms with Crippen molar-refractivity contribution >= 4 is 17.3 Å². The molecule has 20 heavy (non-hydrogen) atoms. The summed E-state index contributed by atoms with van der Waals surface area (Å²) in [7, 11) is 0. The van der Waals surface area contributed by atoms with Gasteiger partial charge in [0.25, 0.3) is 11.6 Å². The minimum Gasteiger partial charge on any atom is -0.334 e. The maximum absolute atomic E-state index is 10.8. The van der Waals surface area contributed by atoms with Gasteiger partial charge in [0.2, 0.25) is 0 Å². The number of nitrogens with zero attached hydrogens (tertiary/aromatic N) is 3. The minimum absolute atomic E-state index is 0.141. The molecule has 1 heterocycles. The molecule has 0 aliphatic carbocycles. The molecule has 1 aromatic heterocycles. The lowest BCUT2D eigenvalue weighted by atomic mass is 10.00. The quantitative estimate of drug-likeness (QED) is 0.686. The first kappa shape index (κ1) is 14.4. The van der Waals surface area contributed by atoms with E-state index >= 15 is 0 Å². The molecule has 2 N–H and O–H groups in total. The number of hydrogen-bond acceptors (Lipinski definition) is 6. The fourth-order valence-electron chi connectivity index (χ4n) is 1.53. The van der Waals surface area contributed by atoms with Crippen LogP contribution < -0.4 is 5.73 Å². The molecule has 1 aromatic carbocycles. The lowest BCUT2D eigenvalue weighted by molar-refractivity contribution is -0.384. The Kier molecular flexibility index (Phi) is 3.74. The first-order valence-corrected chi connectivity index (χ1v) is 6.29. The highest BCUT2D eigenvalue weighted by Gasteiger charge is 2.26. The molecule has 106 valence electrons. The number of hydrogen-bond donors (Lipinski definition) is 1. The summed E-state index contributed by atoms with van der Waals surface area (Å²) in [4.78, 5) is 14.5. The van der Waals surface area contributed by atoms with Gasteiger partial charge in [-0.2, -0.15) is 4.98 Å². The first-order valence-electron chi connectivity index (χ1n) is 5.92. The highest BCUT2D eigenvalue weighted by Crippen LogP contribution is 2.29. The van der Waals surface area contributed by atoms with Crippen LogP contribution in [0.2, 0.25) is 5.02 Å². The van der Waals surface area contributed by atoms with Gasteiger partial charge in [-0.25, -0.2) is 0 Å². The van der Waals surface area contributed by atoms with Crippen LogP contribution in [0, 0.1) is 10.1 Å². The molecule has 0 radical (unpaired) electrons. The second-order valence-electron chi connectivity index (χ2n) is 4.65. The number of halogens is 1. The van der Waals surface area contributed by atoms with Gasteiger partial charge in [0.05, 0.1) is 10.5 Å². The van der Waals surface area contributed by atoms with E-state index in [9.17, 15) is 10.1 Å². The maximum Gasteiger partial charge on any atom is 0.271 e. The van der Waals surface area contributed by atoms with E-state index in [0.29, 0.717) is 17.8 Å². The van der Waals surface area contributed by atoms with E-state index in [1.54, 1.807) is 6.92 Å². The van der Waals surface area contributed by atoms with E-state index in [2.05, 4.69) is 10.1 Å². The highest BCUT2D eigenvalue weighted by atomic mass is 35.5. The van der Waals surface area contributed by atoms with Gasteiger partial charge in [0.15, 0.2) is 5.82 Å². The molecule has 2 aromatic rings. The number of aromatic nitrogens is 2. The van der Waals surface area contributed by atoms with Crippen LogP contribution in [0.3, 0.4) is 0 Å². The maximum atomic E-state index is 10.8. The first-order chi connectivity index (χ1) is 9.33. The molecule has 2 rings (SSSR count). The number of nitro benzene ring substituents is 1. The number of nitrogens with two attached hydrogens (primary N) is 1. The molecule has 0 aliphatic rings. The van der Waals surface area contributed by atoms with Gasteiger partial charge >= 0.3 is 0 Å². The van der Waals surface area contributed by atoms with Gasteiger partial charge in [-0.1, -0.05) is 23.7 Å². The lowest BCUT2D eigenvalue weighted by Crippen LogP contribution is -2.33. The largest absolute Gasteiger partial charge is 0.334 e. The van der Waals surface area contributed by atoms with E-state index in [4.69, 9.17) is 21.9 Å². The third kappa shape index (κ3) is 2.78. The number of benzene rings is 1. The molecule has 0 saturated carbocycles. The van der Waals surface area contributed by atoms with Crippen molar-refractivity contribution in [3.63, 3.8) is 0 Å². The van der Waals surface area contributed by atoms with Gasteiger partial charge in [0, 0.05) is 22.7 Å². The van der Waals surface area contributed by atoms with Crippen LogP contribution >= 0.6 is 11.6 Å². The topological polar surface area (TPSA) is 108 Å². The normalized spacial score (nSPS) is 14.0. The average molecular weight is 297 g/mol. The van der Waals surface area contributed by atoms with Crippen molar-refractivity contribution in [3.05, 3.63) is 39.2 Å². The van der Waals surface area contributed by atoms with Crippen molar-refractivity contribution in [2.45, 2.75) is 25.8 Å². The number of nitro groups is 1. The molecule has 0 fully saturated rings. The van der Waals surface area contributed by atoms with Gasteiger partial charge in [0.1, 0.15) is 0 Å². The van der Waals surface area contributed by atoms with Crippen LogP contribution in [-0.4, -0.2) is 15.1 Å². The average Bonchev–Trinajstić information content (AvgIpc) is 2.88. The van der Waals surface area contributed by atoms with E-state index in [0.717, 1.165) is 0 Å². The highest BCUT2D eigenvalue weighted by molar-refractivity contribution is 6.31. The summed E-state index contributed by atoms with van der Waals surface area (Å²) in [6.07, 6.45) is 0.627. The fraction of sp³-hybridized carbons (Fsp3) is 0.333. The Hall–Kier alpha value is -1.99. The van der Waals surface area contributed by atoms with E-state index in [-0.39, 0.29) is 16.6 Å². The van der Waals surface area contributed by atoms with Crippen molar-refractivity contribution in [1.82, 2.24) is 10.1 Å². The van der Waals surface area contributed by atoms with Crippen LogP contribution in [0.4, 0.5) is 5.69 Å². The van der Waals surface area contributed by atoms with Crippen LogP contribution in [0.1, 0.15) is 26.1 Å². The molecule has 0 amide bonds. The Bertz CT molecular complexity index is 654. The Labute approximate surface area is 119 Å². The second kappa shape index (κ2) is 5.18. The Morgan fingerprint density at radius 2 is 2.20 bits per heavy atom. The SMILES string of the molecule is CCC(C)(N)c1noc(-c2cc(Cl)cc([N+](=O)[O-])c2)n1. The smallest absolute Gasteiger partial charge is 0.271 e. The minimum atomic E-state index is -0.716. The van der Waals surface area contributed by atoms with E-state index in [1.165, 1.54) is 18.2 Å². The van der Waals surface area contributed by atoms with Crippen molar-refractivity contribution < 1.29 is 9.45 Å². The third-order valence-corrected chi connectivity index (χ3v) is 3.23. The van der Waals surface area contributed by atoms with Crippen molar-refractivity contribution in [2.75, 3.05) is 0 Å². The summed E-state index contributed by atoms with van der Waals surface area (Å²) in [5.74, 6) is 0.494. The molecule has 0 bridgehead atoms. The zero-order valence-electron chi connectivity index (χ0n) is 11.0. The zero-order chi connectivity index (χ0) is 14.9. The van der Waals surface area contributed by atoms with Gasteiger partial charge in [-0.3, -0.25) is 10.1 Å². The number of non-ortho nitro benzene ring substituents is 1. The Morgan fingerprint density at radius 1 is 1.50 bits per heavy atom. The third-order valence-electron chi connectivity index (χ3n) is 3.01.